The van der Waals surface area contributed by atoms with E-state index in [4.69, 9.17) is 16.7 Å². The van der Waals surface area contributed by atoms with Crippen molar-refractivity contribution in [2.75, 3.05) is 0 Å². The summed E-state index contributed by atoms with van der Waals surface area (Å²) >= 11 is 6.81. The lowest BCUT2D eigenvalue weighted by molar-refractivity contribution is -0.120. The lowest BCUT2D eigenvalue weighted by atomic mass is 10.1. The van der Waals surface area contributed by atoms with E-state index >= 15 is 0 Å². The highest BCUT2D eigenvalue weighted by Crippen LogP contribution is 2.21. The predicted molar refractivity (Wildman–Crippen MR) is 82.7 cm³/mol. The molecule has 22 heavy (non-hydrogen) atoms. The van der Waals surface area contributed by atoms with E-state index in [2.05, 4.69) is 5.32 Å². The van der Waals surface area contributed by atoms with Gasteiger partial charge in [-0.05, 0) is 24.3 Å². The van der Waals surface area contributed by atoms with E-state index in [1.807, 2.05) is 0 Å². The molecule has 9 heteroatoms. The van der Waals surface area contributed by atoms with E-state index in [9.17, 15) is 17.6 Å². The summed E-state index contributed by atoms with van der Waals surface area (Å²) in [5, 5.41) is 7.76. The Hall–Kier alpha value is -1.48. The number of carbonyl (C=O) groups is 1. The van der Waals surface area contributed by atoms with E-state index in [0.717, 1.165) is 11.3 Å². The van der Waals surface area contributed by atoms with E-state index in [1.165, 1.54) is 24.3 Å². The third-order valence-electron chi connectivity index (χ3n) is 2.78. The van der Waals surface area contributed by atoms with Gasteiger partial charge in [0, 0.05) is 15.5 Å². The van der Waals surface area contributed by atoms with E-state index in [-0.39, 0.29) is 27.8 Å². The van der Waals surface area contributed by atoms with Gasteiger partial charge in [0.1, 0.15) is 10.0 Å². The summed E-state index contributed by atoms with van der Waals surface area (Å²) in [5.74, 6) is -0.965. The highest BCUT2D eigenvalue weighted by molar-refractivity contribution is 7.91. The first-order chi connectivity index (χ1) is 10.3. The van der Waals surface area contributed by atoms with Gasteiger partial charge in [0.2, 0.25) is 15.9 Å². The van der Waals surface area contributed by atoms with Crippen LogP contribution in [0.5, 0.6) is 0 Å². The van der Waals surface area contributed by atoms with Crippen molar-refractivity contribution in [3.63, 3.8) is 0 Å². The third-order valence-corrected chi connectivity index (χ3v) is 5.65. The number of rotatable bonds is 5. The van der Waals surface area contributed by atoms with Crippen LogP contribution >= 0.6 is 22.9 Å². The molecule has 0 bridgehead atoms. The molecular weight excluding hydrogens is 351 g/mol. The SMILES string of the molecule is NS(=O)(=O)c1ccc(CNC(=O)Cc2c(F)cccc2Cl)s1. The molecule has 1 amide bonds. The molecule has 0 fully saturated rings. The number of nitrogens with one attached hydrogen (secondary N) is 1. The zero-order chi connectivity index (χ0) is 16.3. The summed E-state index contributed by atoms with van der Waals surface area (Å²) in [4.78, 5) is 12.4. The number of thiophene rings is 1. The van der Waals surface area contributed by atoms with Crippen molar-refractivity contribution in [1.82, 2.24) is 5.32 Å². The molecule has 1 heterocycles. The van der Waals surface area contributed by atoms with Gasteiger partial charge in [-0.3, -0.25) is 4.79 Å². The number of benzene rings is 1. The molecule has 0 radical (unpaired) electrons. The molecule has 0 aliphatic rings. The first-order valence-electron chi connectivity index (χ1n) is 6.08. The Bertz CT molecular complexity index is 785. The molecule has 1 aromatic carbocycles. The minimum atomic E-state index is -3.74. The fraction of sp³-hybridized carbons (Fsp3) is 0.154. The lowest BCUT2D eigenvalue weighted by Crippen LogP contribution is -2.24. The summed E-state index contributed by atoms with van der Waals surface area (Å²) in [6, 6.07) is 7.12. The van der Waals surface area contributed by atoms with Gasteiger partial charge in [0.15, 0.2) is 0 Å². The lowest BCUT2D eigenvalue weighted by Gasteiger charge is -2.06. The van der Waals surface area contributed by atoms with Crippen LogP contribution in [0.3, 0.4) is 0 Å². The maximum atomic E-state index is 13.6. The highest BCUT2D eigenvalue weighted by atomic mass is 35.5. The monoisotopic (exact) mass is 362 g/mol. The Morgan fingerprint density at radius 1 is 1.32 bits per heavy atom. The Balaban J connectivity index is 1.97. The second kappa shape index (κ2) is 6.74. The Labute approximate surface area is 136 Å². The van der Waals surface area contributed by atoms with Gasteiger partial charge >= 0.3 is 0 Å². The van der Waals surface area contributed by atoms with Crippen LogP contribution in [0.25, 0.3) is 0 Å². The predicted octanol–water partition coefficient (Wildman–Crippen LogP) is 2.05. The van der Waals surface area contributed by atoms with Crippen molar-refractivity contribution in [2.45, 2.75) is 17.2 Å². The topological polar surface area (TPSA) is 89.3 Å². The van der Waals surface area contributed by atoms with Gasteiger partial charge in [0.05, 0.1) is 13.0 Å². The van der Waals surface area contributed by atoms with Gasteiger partial charge in [-0.25, -0.2) is 17.9 Å². The molecule has 1 aromatic heterocycles. The quantitative estimate of drug-likeness (QED) is 0.853. The van der Waals surface area contributed by atoms with E-state index < -0.39 is 21.7 Å². The number of carbonyl (C=O) groups excluding carboxylic acids is 1. The highest BCUT2D eigenvalue weighted by Gasteiger charge is 2.14. The molecule has 5 nitrogen and oxygen atoms in total. The summed E-state index contributed by atoms with van der Waals surface area (Å²) in [7, 11) is -3.74. The fourth-order valence-corrected chi connectivity index (χ4v) is 3.66. The van der Waals surface area contributed by atoms with Gasteiger partial charge < -0.3 is 5.32 Å². The van der Waals surface area contributed by atoms with Crippen molar-refractivity contribution >= 4 is 38.9 Å². The second-order valence-corrected chi connectivity index (χ2v) is 7.78. The zero-order valence-corrected chi connectivity index (χ0v) is 13.6. The van der Waals surface area contributed by atoms with Crippen LogP contribution in [0.15, 0.2) is 34.5 Å². The normalized spacial score (nSPS) is 11.4. The number of halogens is 2. The van der Waals surface area contributed by atoms with Crippen LogP contribution in [0.2, 0.25) is 5.02 Å². The maximum Gasteiger partial charge on any atom is 0.247 e. The molecule has 0 saturated heterocycles. The van der Waals surface area contributed by atoms with Crippen molar-refractivity contribution in [2.24, 2.45) is 5.14 Å². The molecule has 0 saturated carbocycles. The third kappa shape index (κ3) is 4.26. The van der Waals surface area contributed by atoms with E-state index in [0.29, 0.717) is 4.88 Å². The number of hydrogen-bond donors (Lipinski definition) is 2. The van der Waals surface area contributed by atoms with Gasteiger partial charge in [0.25, 0.3) is 0 Å². The molecule has 2 aromatic rings. The number of hydrogen-bond acceptors (Lipinski definition) is 4. The number of sulfonamides is 1. The first-order valence-corrected chi connectivity index (χ1v) is 8.82. The summed E-state index contributed by atoms with van der Waals surface area (Å²) in [6.45, 7) is 0.130. The molecule has 0 aliphatic carbocycles. The maximum absolute atomic E-state index is 13.6. The van der Waals surface area contributed by atoms with Crippen molar-refractivity contribution in [3.05, 3.63) is 51.6 Å². The van der Waals surface area contributed by atoms with Crippen LogP contribution in [-0.4, -0.2) is 14.3 Å². The average molecular weight is 363 g/mol. The molecule has 0 spiro atoms. The summed E-state index contributed by atoms with van der Waals surface area (Å²) in [6.07, 6.45) is -0.196. The summed E-state index contributed by atoms with van der Waals surface area (Å²) < 4.78 is 35.9. The minimum absolute atomic E-state index is 0.0221. The molecule has 2 rings (SSSR count). The largest absolute Gasteiger partial charge is 0.351 e. The van der Waals surface area contributed by atoms with Crippen LogP contribution in [-0.2, 0) is 27.8 Å². The van der Waals surface area contributed by atoms with Gasteiger partial charge in [-0.1, -0.05) is 17.7 Å². The van der Waals surface area contributed by atoms with Crippen molar-refractivity contribution in [1.29, 1.82) is 0 Å². The van der Waals surface area contributed by atoms with Crippen LogP contribution < -0.4 is 10.5 Å². The van der Waals surface area contributed by atoms with Crippen LogP contribution in [0.4, 0.5) is 4.39 Å². The smallest absolute Gasteiger partial charge is 0.247 e. The minimum Gasteiger partial charge on any atom is -0.351 e. The fourth-order valence-electron chi connectivity index (χ4n) is 1.72. The Morgan fingerprint density at radius 3 is 2.64 bits per heavy atom. The Kier molecular flexibility index (Phi) is 5.17. The molecule has 118 valence electrons. The first kappa shape index (κ1) is 16.9. The molecular formula is C13H12ClFN2O3S2. The average Bonchev–Trinajstić information content (AvgIpc) is 2.90. The van der Waals surface area contributed by atoms with Crippen molar-refractivity contribution in [3.8, 4) is 0 Å². The number of nitrogens with two attached hydrogens (primary N) is 1. The zero-order valence-electron chi connectivity index (χ0n) is 11.2. The van der Waals surface area contributed by atoms with E-state index in [1.54, 1.807) is 6.07 Å². The van der Waals surface area contributed by atoms with Gasteiger partial charge in [-0.2, -0.15) is 0 Å². The Morgan fingerprint density at radius 2 is 2.05 bits per heavy atom. The molecule has 3 N–H and O–H groups in total. The number of primary sulfonamides is 1. The van der Waals surface area contributed by atoms with Crippen LogP contribution in [0.1, 0.15) is 10.4 Å². The van der Waals surface area contributed by atoms with Crippen LogP contribution in [0, 0.1) is 5.82 Å². The summed E-state index contributed by atoms with van der Waals surface area (Å²) in [5.41, 5.74) is 0.123. The standard InChI is InChI=1S/C13H12ClFN2O3S2/c14-10-2-1-3-11(15)9(10)6-12(18)17-7-8-4-5-13(21-8)22(16,19)20/h1-5H,6-7H2,(H,17,18)(H2,16,19,20). The molecule has 0 unspecified atom stereocenters. The number of amides is 1. The van der Waals surface area contributed by atoms with Gasteiger partial charge in [-0.15, -0.1) is 11.3 Å². The molecule has 0 atom stereocenters. The second-order valence-electron chi connectivity index (χ2n) is 4.42. The molecule has 0 aliphatic heterocycles. The van der Waals surface area contributed by atoms with Crippen molar-refractivity contribution < 1.29 is 17.6 Å².